The summed E-state index contributed by atoms with van der Waals surface area (Å²) < 4.78 is 0. The van der Waals surface area contributed by atoms with E-state index in [0.717, 1.165) is 7.11 Å². The smallest absolute Gasteiger partial charge is 0.129 e. The highest BCUT2D eigenvalue weighted by Crippen LogP contribution is 1.93. The van der Waals surface area contributed by atoms with E-state index in [1.807, 2.05) is 5.48 Å². The molecule has 0 rings (SSSR count). The minimum absolute atomic E-state index is 0.131. The van der Waals surface area contributed by atoms with Gasteiger partial charge in [0.25, 0.3) is 0 Å². The van der Waals surface area contributed by atoms with Gasteiger partial charge in [0, 0.05) is 26.1 Å². The lowest BCUT2D eigenvalue weighted by atomic mass is 10.1. The summed E-state index contributed by atoms with van der Waals surface area (Å²) in [4.78, 5) is 10.4. The number of hydroxylamine groups is 1. The summed E-state index contributed by atoms with van der Waals surface area (Å²) in [5.41, 5.74) is 7.41. The standard InChI is InChI=1S/C6H14N2O2.CH4O/c1-5(9)2-3-6(7)4-8-10;1-2/h6,8,10H,2-4,7H2,1H3;2H,1H3. The average molecular weight is 178 g/mol. The van der Waals surface area contributed by atoms with Crippen molar-refractivity contribution >= 4 is 5.78 Å². The third-order valence-corrected chi connectivity index (χ3v) is 1.22. The highest BCUT2D eigenvalue weighted by molar-refractivity contribution is 5.75. The topological polar surface area (TPSA) is 95.6 Å². The highest BCUT2D eigenvalue weighted by atomic mass is 16.5. The zero-order valence-corrected chi connectivity index (χ0v) is 7.58. The van der Waals surface area contributed by atoms with Crippen molar-refractivity contribution in [2.45, 2.75) is 25.8 Å². The molecular formula is C7H18N2O3. The van der Waals surface area contributed by atoms with E-state index in [1.54, 1.807) is 0 Å². The van der Waals surface area contributed by atoms with Crippen molar-refractivity contribution in [1.29, 1.82) is 0 Å². The summed E-state index contributed by atoms with van der Waals surface area (Å²) in [6.45, 7) is 1.87. The van der Waals surface area contributed by atoms with Gasteiger partial charge in [-0.1, -0.05) is 0 Å². The fourth-order valence-corrected chi connectivity index (χ4v) is 0.608. The molecule has 0 amide bonds. The first-order valence-corrected chi connectivity index (χ1v) is 3.73. The number of hydrogen-bond acceptors (Lipinski definition) is 5. The molecule has 0 bridgehead atoms. The van der Waals surface area contributed by atoms with Crippen molar-refractivity contribution in [2.75, 3.05) is 13.7 Å². The summed E-state index contributed by atoms with van der Waals surface area (Å²) in [6, 6.07) is -0.131. The maximum atomic E-state index is 10.4. The van der Waals surface area contributed by atoms with Crippen LogP contribution in [0.15, 0.2) is 0 Å². The Morgan fingerprint density at radius 3 is 2.42 bits per heavy atom. The third-order valence-electron chi connectivity index (χ3n) is 1.22. The van der Waals surface area contributed by atoms with E-state index < -0.39 is 0 Å². The number of carbonyl (C=O) groups excluding carboxylic acids is 1. The molecule has 5 heteroatoms. The third kappa shape index (κ3) is 12.2. The molecule has 1 unspecified atom stereocenters. The molecule has 5 nitrogen and oxygen atoms in total. The number of nitrogens with two attached hydrogens (primary N) is 1. The Kier molecular flexibility index (Phi) is 12.3. The Balaban J connectivity index is 0. The van der Waals surface area contributed by atoms with Crippen LogP contribution < -0.4 is 11.2 Å². The van der Waals surface area contributed by atoms with E-state index in [9.17, 15) is 4.79 Å². The van der Waals surface area contributed by atoms with Gasteiger partial charge in [-0.05, 0) is 13.3 Å². The lowest BCUT2D eigenvalue weighted by Gasteiger charge is -2.07. The van der Waals surface area contributed by atoms with Gasteiger partial charge in [-0.15, -0.1) is 0 Å². The second kappa shape index (κ2) is 10.5. The Labute approximate surface area is 72.5 Å². The van der Waals surface area contributed by atoms with Crippen LogP contribution in [0, 0.1) is 0 Å². The van der Waals surface area contributed by atoms with Crippen LogP contribution in [0.2, 0.25) is 0 Å². The van der Waals surface area contributed by atoms with E-state index >= 15 is 0 Å². The second-order valence-electron chi connectivity index (χ2n) is 2.36. The van der Waals surface area contributed by atoms with Gasteiger partial charge in [0.05, 0.1) is 0 Å². The van der Waals surface area contributed by atoms with Crippen LogP contribution in [0.3, 0.4) is 0 Å². The van der Waals surface area contributed by atoms with Gasteiger partial charge in [-0.2, -0.15) is 0 Å². The summed E-state index contributed by atoms with van der Waals surface area (Å²) in [7, 11) is 1.00. The first-order valence-electron chi connectivity index (χ1n) is 3.73. The Bertz CT molecular complexity index is 109. The van der Waals surface area contributed by atoms with Gasteiger partial charge in [0.1, 0.15) is 5.78 Å². The number of hydrogen-bond donors (Lipinski definition) is 4. The first kappa shape index (κ1) is 14.1. The second-order valence-corrected chi connectivity index (χ2v) is 2.36. The van der Waals surface area contributed by atoms with Crippen LogP contribution in [0.4, 0.5) is 0 Å². The van der Waals surface area contributed by atoms with E-state index in [1.165, 1.54) is 6.92 Å². The van der Waals surface area contributed by atoms with Crippen molar-refractivity contribution in [3.63, 3.8) is 0 Å². The van der Waals surface area contributed by atoms with Gasteiger partial charge in [0.15, 0.2) is 0 Å². The number of aliphatic hydroxyl groups excluding tert-OH is 1. The summed E-state index contributed by atoms with van der Waals surface area (Å²) >= 11 is 0. The molecule has 74 valence electrons. The monoisotopic (exact) mass is 178 g/mol. The van der Waals surface area contributed by atoms with Gasteiger partial charge < -0.3 is 20.8 Å². The predicted molar refractivity (Wildman–Crippen MR) is 45.8 cm³/mol. The molecule has 0 fully saturated rings. The molecule has 0 heterocycles. The number of Topliss-reactive ketones (excluding diaryl/α,β-unsaturated/α-hetero) is 1. The van der Waals surface area contributed by atoms with Crippen LogP contribution in [0.5, 0.6) is 0 Å². The van der Waals surface area contributed by atoms with E-state index in [0.29, 0.717) is 19.4 Å². The van der Waals surface area contributed by atoms with Gasteiger partial charge in [0.2, 0.25) is 0 Å². The predicted octanol–water partition coefficient (Wildman–Crippen LogP) is -0.730. The van der Waals surface area contributed by atoms with Crippen LogP contribution >= 0.6 is 0 Å². The molecule has 0 radical (unpaired) electrons. The number of carbonyl (C=O) groups is 1. The van der Waals surface area contributed by atoms with E-state index in [-0.39, 0.29) is 11.8 Å². The summed E-state index contributed by atoms with van der Waals surface area (Å²) in [6.07, 6.45) is 1.12. The first-order chi connectivity index (χ1) is 5.66. The highest BCUT2D eigenvalue weighted by Gasteiger charge is 2.02. The maximum absolute atomic E-state index is 10.4. The summed E-state index contributed by atoms with van der Waals surface area (Å²) in [5, 5.41) is 15.2. The normalized spacial score (nSPS) is 11.4. The van der Waals surface area contributed by atoms with Gasteiger partial charge >= 0.3 is 0 Å². The molecule has 0 aliphatic carbocycles. The van der Waals surface area contributed by atoms with Gasteiger partial charge in [-0.25, -0.2) is 5.48 Å². The molecule has 0 aliphatic heterocycles. The molecule has 0 aliphatic rings. The lowest BCUT2D eigenvalue weighted by molar-refractivity contribution is -0.117. The Morgan fingerprint density at radius 2 is 2.08 bits per heavy atom. The molecule has 0 spiro atoms. The maximum Gasteiger partial charge on any atom is 0.129 e. The number of nitrogens with one attached hydrogen (secondary N) is 1. The van der Waals surface area contributed by atoms with Crippen molar-refractivity contribution in [3.05, 3.63) is 0 Å². The van der Waals surface area contributed by atoms with E-state index in [2.05, 4.69) is 0 Å². The van der Waals surface area contributed by atoms with Crippen LogP contribution in [-0.4, -0.2) is 35.8 Å². The number of rotatable bonds is 5. The summed E-state index contributed by atoms with van der Waals surface area (Å²) in [5.74, 6) is 0.133. The van der Waals surface area contributed by atoms with Crippen LogP contribution in [-0.2, 0) is 4.79 Å². The number of ketones is 1. The Hall–Kier alpha value is -0.490. The minimum atomic E-state index is -0.131. The minimum Gasteiger partial charge on any atom is -0.400 e. The SMILES string of the molecule is CC(=O)CCC(N)CNO.CO. The largest absolute Gasteiger partial charge is 0.400 e. The number of aliphatic hydroxyl groups is 1. The van der Waals surface area contributed by atoms with Crippen LogP contribution in [0.25, 0.3) is 0 Å². The molecule has 0 saturated heterocycles. The van der Waals surface area contributed by atoms with Crippen molar-refractivity contribution in [2.24, 2.45) is 5.73 Å². The molecule has 12 heavy (non-hydrogen) atoms. The molecule has 5 N–H and O–H groups in total. The quantitative estimate of drug-likeness (QED) is 0.416. The van der Waals surface area contributed by atoms with Gasteiger partial charge in [-0.3, -0.25) is 0 Å². The van der Waals surface area contributed by atoms with Crippen molar-refractivity contribution < 1.29 is 15.1 Å². The van der Waals surface area contributed by atoms with Crippen LogP contribution in [0.1, 0.15) is 19.8 Å². The van der Waals surface area contributed by atoms with E-state index in [4.69, 9.17) is 16.0 Å². The molecular weight excluding hydrogens is 160 g/mol. The molecule has 0 saturated carbocycles. The average Bonchev–Trinajstić information content (AvgIpc) is 2.05. The molecule has 1 atom stereocenters. The lowest BCUT2D eigenvalue weighted by Crippen LogP contribution is -2.32. The molecule has 0 aromatic heterocycles. The zero-order valence-electron chi connectivity index (χ0n) is 7.58. The molecule has 0 aromatic rings. The zero-order chi connectivity index (χ0) is 9.98. The van der Waals surface area contributed by atoms with Crippen molar-refractivity contribution in [3.8, 4) is 0 Å². The fraction of sp³-hybridized carbons (Fsp3) is 0.857. The van der Waals surface area contributed by atoms with Crippen molar-refractivity contribution in [1.82, 2.24) is 5.48 Å². The molecule has 0 aromatic carbocycles. The fourth-order valence-electron chi connectivity index (χ4n) is 0.608. The Morgan fingerprint density at radius 1 is 1.58 bits per heavy atom.